The molecule has 9 heteroatoms. The summed E-state index contributed by atoms with van der Waals surface area (Å²) in [6.07, 6.45) is 6.48. The number of nitrogens with zero attached hydrogens (tertiary/aromatic N) is 4. The van der Waals surface area contributed by atoms with Crippen molar-refractivity contribution >= 4 is 17.6 Å². The number of aryl methyl sites for hydroxylation is 1. The van der Waals surface area contributed by atoms with Crippen LogP contribution in [0.5, 0.6) is 0 Å². The minimum atomic E-state index is -0.477. The van der Waals surface area contributed by atoms with E-state index in [1.54, 1.807) is 48.6 Å². The van der Waals surface area contributed by atoms with Crippen molar-refractivity contribution in [1.82, 2.24) is 14.3 Å². The minimum absolute atomic E-state index is 0.118. The number of anilines is 2. The summed E-state index contributed by atoms with van der Waals surface area (Å²) in [6, 6.07) is 11.5. The van der Waals surface area contributed by atoms with Crippen LogP contribution in [0.15, 0.2) is 59.7 Å². The van der Waals surface area contributed by atoms with Gasteiger partial charge in [0, 0.05) is 38.1 Å². The number of carbonyl (C=O) groups is 1. The van der Waals surface area contributed by atoms with Crippen molar-refractivity contribution in [3.05, 3.63) is 71.0 Å². The van der Waals surface area contributed by atoms with Crippen molar-refractivity contribution in [3.63, 3.8) is 0 Å². The Balaban J connectivity index is 1.16. The van der Waals surface area contributed by atoms with Crippen LogP contribution in [0, 0.1) is 11.7 Å². The number of hydrogen-bond acceptors (Lipinski definition) is 5. The fourth-order valence-electron chi connectivity index (χ4n) is 4.67. The molecule has 2 aliphatic rings. The van der Waals surface area contributed by atoms with E-state index >= 15 is 0 Å². The Morgan fingerprint density at radius 3 is 2.70 bits per heavy atom. The molecule has 1 spiro atoms. The molecule has 1 N–H and O–H groups in total. The van der Waals surface area contributed by atoms with Gasteiger partial charge < -0.3 is 14.6 Å². The number of para-hydroxylation sites is 1. The zero-order chi connectivity index (χ0) is 23.0. The van der Waals surface area contributed by atoms with Crippen LogP contribution in [-0.4, -0.2) is 39.1 Å². The largest absolute Gasteiger partial charge is 0.441 e. The second-order valence-corrected chi connectivity index (χ2v) is 8.89. The number of hydrogen-bond donors (Lipinski definition) is 1. The summed E-state index contributed by atoms with van der Waals surface area (Å²) >= 11 is 0. The van der Waals surface area contributed by atoms with Crippen LogP contribution < -0.4 is 15.8 Å². The molecule has 0 radical (unpaired) electrons. The molecule has 1 aliphatic carbocycles. The van der Waals surface area contributed by atoms with Crippen molar-refractivity contribution in [2.75, 3.05) is 23.3 Å². The first kappa shape index (κ1) is 21.2. The number of ether oxygens (including phenoxy) is 1. The molecule has 172 valence electrons. The highest BCUT2D eigenvalue weighted by Crippen LogP contribution is 2.40. The number of aromatic nitrogens is 3. The lowest BCUT2D eigenvalue weighted by atomic mass is 9.78. The third kappa shape index (κ3) is 4.22. The molecule has 1 saturated carbocycles. The van der Waals surface area contributed by atoms with Crippen molar-refractivity contribution in [2.24, 2.45) is 13.0 Å². The maximum Gasteiger partial charge on any atom is 0.415 e. The van der Waals surface area contributed by atoms with E-state index in [0.29, 0.717) is 29.7 Å². The fourth-order valence-corrected chi connectivity index (χ4v) is 4.67. The number of halogens is 1. The Labute approximate surface area is 190 Å². The summed E-state index contributed by atoms with van der Waals surface area (Å²) in [6.45, 7) is 1.25. The van der Waals surface area contributed by atoms with Crippen LogP contribution in [0.4, 0.5) is 20.7 Å². The first-order valence-electron chi connectivity index (χ1n) is 11.1. The molecule has 1 aliphatic heterocycles. The topological polar surface area (TPSA) is 81.4 Å². The zero-order valence-corrected chi connectivity index (χ0v) is 18.4. The van der Waals surface area contributed by atoms with Gasteiger partial charge >= 0.3 is 6.09 Å². The lowest BCUT2D eigenvalue weighted by Crippen LogP contribution is -2.39. The monoisotopic (exact) mass is 451 g/mol. The van der Waals surface area contributed by atoms with E-state index in [9.17, 15) is 14.0 Å². The summed E-state index contributed by atoms with van der Waals surface area (Å²) in [5.74, 6) is 0.814. The summed E-state index contributed by atoms with van der Waals surface area (Å²) in [5.41, 5.74) is 0.492. The van der Waals surface area contributed by atoms with Gasteiger partial charge in [0.1, 0.15) is 22.9 Å². The second-order valence-electron chi connectivity index (χ2n) is 8.89. The Hall–Kier alpha value is -3.62. The van der Waals surface area contributed by atoms with Crippen molar-refractivity contribution < 1.29 is 13.9 Å². The van der Waals surface area contributed by atoms with Gasteiger partial charge in [0.2, 0.25) is 5.56 Å². The van der Waals surface area contributed by atoms with Gasteiger partial charge in [-0.3, -0.25) is 9.69 Å². The van der Waals surface area contributed by atoms with Gasteiger partial charge in [-0.15, -0.1) is 0 Å². The number of amides is 1. The number of pyridine rings is 1. The molecule has 3 aromatic rings. The summed E-state index contributed by atoms with van der Waals surface area (Å²) in [4.78, 5) is 25.8. The Kier molecular flexibility index (Phi) is 5.39. The van der Waals surface area contributed by atoms with Crippen molar-refractivity contribution in [2.45, 2.75) is 31.3 Å². The maximum atomic E-state index is 14.0. The van der Waals surface area contributed by atoms with Gasteiger partial charge in [0.05, 0.1) is 12.2 Å². The van der Waals surface area contributed by atoms with Gasteiger partial charge in [-0.05, 0) is 49.8 Å². The fraction of sp³-hybridized carbons (Fsp3) is 0.375. The molecule has 1 saturated heterocycles. The lowest BCUT2D eigenvalue weighted by molar-refractivity contribution is 0.0148. The quantitative estimate of drug-likeness (QED) is 0.640. The first-order valence-corrected chi connectivity index (χ1v) is 11.1. The van der Waals surface area contributed by atoms with Crippen molar-refractivity contribution in [1.29, 1.82) is 0 Å². The smallest absolute Gasteiger partial charge is 0.415 e. The molecule has 0 unspecified atom stereocenters. The molecular formula is C24H26FN5O3. The third-order valence-electron chi connectivity index (χ3n) is 6.63. The summed E-state index contributed by atoms with van der Waals surface area (Å²) in [5, 5.41) is 7.78. The van der Waals surface area contributed by atoms with Crippen LogP contribution in [-0.2, 0) is 11.8 Å². The van der Waals surface area contributed by atoms with E-state index in [0.717, 1.165) is 32.2 Å². The maximum absolute atomic E-state index is 14.0. The lowest BCUT2D eigenvalue weighted by Gasteiger charge is -2.35. The molecule has 1 amide bonds. The summed E-state index contributed by atoms with van der Waals surface area (Å²) < 4.78 is 22.8. The minimum Gasteiger partial charge on any atom is -0.441 e. The van der Waals surface area contributed by atoms with Crippen molar-refractivity contribution in [3.8, 4) is 5.69 Å². The molecule has 2 aromatic heterocycles. The van der Waals surface area contributed by atoms with Gasteiger partial charge in [-0.1, -0.05) is 12.1 Å². The number of carbonyl (C=O) groups excluding carboxylic acids is 1. The van der Waals surface area contributed by atoms with Crippen LogP contribution >= 0.6 is 0 Å². The Morgan fingerprint density at radius 2 is 1.94 bits per heavy atom. The van der Waals surface area contributed by atoms with Crippen LogP contribution in [0.2, 0.25) is 0 Å². The molecule has 5 rings (SSSR count). The SMILES string of the molecule is Cn1cc(N2CC3(CCC(CNc4ccn(-c5ccccc5F)n4)CC3)OC2=O)ccc1=O. The molecule has 1 aromatic carbocycles. The van der Waals surface area contributed by atoms with E-state index in [2.05, 4.69) is 10.4 Å². The van der Waals surface area contributed by atoms with E-state index in [-0.39, 0.29) is 17.5 Å². The average molecular weight is 452 g/mol. The van der Waals surface area contributed by atoms with Gasteiger partial charge in [0.25, 0.3) is 0 Å². The Bertz CT molecular complexity index is 1230. The predicted molar refractivity (Wildman–Crippen MR) is 122 cm³/mol. The highest BCUT2D eigenvalue weighted by atomic mass is 19.1. The summed E-state index contributed by atoms with van der Waals surface area (Å²) in [7, 11) is 1.67. The zero-order valence-electron chi connectivity index (χ0n) is 18.4. The number of nitrogens with one attached hydrogen (secondary N) is 1. The Morgan fingerprint density at radius 1 is 1.15 bits per heavy atom. The molecule has 0 atom stereocenters. The normalized spacial score (nSPS) is 22.5. The highest BCUT2D eigenvalue weighted by Gasteiger charge is 2.47. The van der Waals surface area contributed by atoms with Crippen LogP contribution in [0.1, 0.15) is 25.7 Å². The standard InChI is InChI=1S/C24H26FN5O3/c1-28-15-18(6-7-22(28)31)29-16-24(33-23(29)32)11-8-17(9-12-24)14-26-21-10-13-30(27-21)20-5-3-2-4-19(20)25/h2-7,10,13,15,17H,8-9,11-12,14,16H2,1H3,(H,26,27). The van der Waals surface area contributed by atoms with Gasteiger partial charge in [0.15, 0.2) is 0 Å². The van der Waals surface area contributed by atoms with E-state index in [1.807, 2.05) is 6.07 Å². The molecule has 2 fully saturated rings. The molecule has 8 nitrogen and oxygen atoms in total. The predicted octanol–water partition coefficient (Wildman–Crippen LogP) is 3.71. The van der Waals surface area contributed by atoms with Gasteiger partial charge in [-0.2, -0.15) is 5.10 Å². The molecule has 0 bridgehead atoms. The second kappa shape index (κ2) is 8.38. The van der Waals surface area contributed by atoms with Gasteiger partial charge in [-0.25, -0.2) is 13.9 Å². The highest BCUT2D eigenvalue weighted by molar-refractivity contribution is 5.90. The van der Waals surface area contributed by atoms with E-state index in [4.69, 9.17) is 4.74 Å². The number of benzene rings is 1. The van der Waals surface area contributed by atoms with Crippen LogP contribution in [0.25, 0.3) is 5.69 Å². The molecule has 3 heterocycles. The average Bonchev–Trinajstić information content (AvgIpc) is 3.40. The first-order chi connectivity index (χ1) is 15.9. The van der Waals surface area contributed by atoms with E-state index in [1.165, 1.54) is 21.4 Å². The molecular weight excluding hydrogens is 425 g/mol. The molecule has 33 heavy (non-hydrogen) atoms. The van der Waals surface area contributed by atoms with Crippen LogP contribution in [0.3, 0.4) is 0 Å². The third-order valence-corrected chi connectivity index (χ3v) is 6.63. The van der Waals surface area contributed by atoms with E-state index < -0.39 is 5.60 Å². The number of rotatable bonds is 5.